The van der Waals surface area contributed by atoms with Crippen molar-refractivity contribution in [2.24, 2.45) is 0 Å². The Hall–Kier alpha value is -3.11. The fraction of sp³-hybridized carbons (Fsp3) is 0.440. The van der Waals surface area contributed by atoms with Crippen LogP contribution in [0.3, 0.4) is 0 Å². The summed E-state index contributed by atoms with van der Waals surface area (Å²) in [6.45, 7) is 1.69. The van der Waals surface area contributed by atoms with E-state index in [0.29, 0.717) is 37.6 Å². The van der Waals surface area contributed by atoms with Crippen LogP contribution in [-0.2, 0) is 26.0 Å². The maximum Gasteiger partial charge on any atom is 0.254 e. The van der Waals surface area contributed by atoms with Crippen molar-refractivity contribution in [2.75, 3.05) is 50.5 Å². The molecule has 2 aliphatic rings. The third-order valence-corrected chi connectivity index (χ3v) is 7.53. The van der Waals surface area contributed by atoms with Crippen LogP contribution in [0.4, 0.5) is 5.69 Å². The lowest BCUT2D eigenvalue weighted by Crippen LogP contribution is -2.42. The van der Waals surface area contributed by atoms with Gasteiger partial charge in [0.2, 0.25) is 15.9 Å². The van der Waals surface area contributed by atoms with E-state index < -0.39 is 15.9 Å². The minimum atomic E-state index is -3.73. The molecule has 2 aromatic rings. The summed E-state index contributed by atoms with van der Waals surface area (Å²) in [5, 5.41) is 3.00. The number of anilines is 1. The summed E-state index contributed by atoms with van der Waals surface area (Å²) >= 11 is 0. The number of amides is 2. The number of rotatable bonds is 7. The van der Waals surface area contributed by atoms with Crippen molar-refractivity contribution in [1.82, 2.24) is 10.2 Å². The zero-order valence-electron chi connectivity index (χ0n) is 20.0. The first-order valence-corrected chi connectivity index (χ1v) is 13.5. The Balaban J connectivity index is 1.46. The predicted octanol–water partition coefficient (Wildman–Crippen LogP) is 2.13. The monoisotopic (exact) mass is 501 g/mol. The largest absolute Gasteiger partial charge is 0.497 e. The zero-order valence-corrected chi connectivity index (χ0v) is 20.8. The first-order valence-electron chi connectivity index (χ1n) is 11.7. The molecule has 0 bridgehead atoms. The molecule has 1 saturated heterocycles. The van der Waals surface area contributed by atoms with Crippen LogP contribution in [-0.4, -0.2) is 71.3 Å². The Morgan fingerprint density at radius 1 is 1.14 bits per heavy atom. The molecule has 1 aliphatic heterocycles. The van der Waals surface area contributed by atoms with Crippen LogP contribution in [0.1, 0.15) is 40.4 Å². The van der Waals surface area contributed by atoms with Crippen molar-refractivity contribution >= 4 is 27.5 Å². The van der Waals surface area contributed by atoms with E-state index in [0.717, 1.165) is 46.7 Å². The van der Waals surface area contributed by atoms with Gasteiger partial charge in [-0.3, -0.25) is 13.9 Å². The van der Waals surface area contributed by atoms with Gasteiger partial charge in [0.25, 0.3) is 5.91 Å². The van der Waals surface area contributed by atoms with Crippen LogP contribution >= 0.6 is 0 Å². The number of nitrogens with one attached hydrogen (secondary N) is 1. The molecule has 35 heavy (non-hydrogen) atoms. The molecule has 0 spiro atoms. The van der Waals surface area contributed by atoms with Gasteiger partial charge in [0.05, 0.1) is 38.3 Å². The van der Waals surface area contributed by atoms with Gasteiger partial charge in [-0.25, -0.2) is 8.42 Å². The van der Waals surface area contributed by atoms with E-state index in [4.69, 9.17) is 9.47 Å². The molecule has 0 aromatic heterocycles. The Bertz CT molecular complexity index is 1180. The Kier molecular flexibility index (Phi) is 7.61. The fourth-order valence-corrected chi connectivity index (χ4v) is 5.41. The van der Waals surface area contributed by atoms with Crippen LogP contribution in [0, 0.1) is 0 Å². The molecule has 1 unspecified atom stereocenters. The van der Waals surface area contributed by atoms with Gasteiger partial charge in [0.1, 0.15) is 12.3 Å². The average molecular weight is 502 g/mol. The van der Waals surface area contributed by atoms with Gasteiger partial charge in [-0.15, -0.1) is 0 Å². The maximum atomic E-state index is 12.9. The number of benzene rings is 2. The van der Waals surface area contributed by atoms with E-state index in [1.165, 1.54) is 0 Å². The van der Waals surface area contributed by atoms with Crippen LogP contribution < -0.4 is 14.4 Å². The second-order valence-electron chi connectivity index (χ2n) is 8.80. The molecular formula is C25H31N3O6S. The minimum absolute atomic E-state index is 0.129. The molecule has 1 heterocycles. The number of sulfonamides is 1. The molecule has 1 atom stereocenters. The number of hydrogen-bond donors (Lipinski definition) is 1. The number of carbonyl (C=O) groups excluding carboxylic acids is 2. The summed E-state index contributed by atoms with van der Waals surface area (Å²) < 4.78 is 36.7. The predicted molar refractivity (Wildman–Crippen MR) is 132 cm³/mol. The highest BCUT2D eigenvalue weighted by atomic mass is 32.2. The van der Waals surface area contributed by atoms with Gasteiger partial charge in [-0.2, -0.15) is 0 Å². The highest BCUT2D eigenvalue weighted by Gasteiger charge is 2.26. The molecule has 0 radical (unpaired) electrons. The van der Waals surface area contributed by atoms with Crippen molar-refractivity contribution in [1.29, 1.82) is 0 Å². The molecule has 188 valence electrons. The van der Waals surface area contributed by atoms with Gasteiger partial charge in [-0.05, 0) is 66.8 Å². The molecule has 1 fully saturated rings. The molecule has 2 amide bonds. The second-order valence-corrected chi connectivity index (χ2v) is 10.7. The SMILES string of the molecule is COc1ccc2c(c1)CCCC2NC(=O)CN(c1ccc(C(=O)N2CCOCC2)cc1)S(C)(=O)=O. The highest BCUT2D eigenvalue weighted by Crippen LogP contribution is 2.32. The van der Waals surface area contributed by atoms with Crippen molar-refractivity contribution < 1.29 is 27.5 Å². The Morgan fingerprint density at radius 3 is 2.51 bits per heavy atom. The first kappa shape index (κ1) is 25.0. The summed E-state index contributed by atoms with van der Waals surface area (Å²) in [6.07, 6.45) is 3.67. The van der Waals surface area contributed by atoms with E-state index in [9.17, 15) is 18.0 Å². The van der Waals surface area contributed by atoms with Crippen LogP contribution in [0.25, 0.3) is 0 Å². The normalized spacial score (nSPS) is 17.9. The lowest BCUT2D eigenvalue weighted by molar-refractivity contribution is -0.120. The Morgan fingerprint density at radius 2 is 1.86 bits per heavy atom. The van der Waals surface area contributed by atoms with E-state index >= 15 is 0 Å². The molecule has 1 aliphatic carbocycles. The van der Waals surface area contributed by atoms with Crippen molar-refractivity contribution in [3.05, 3.63) is 59.2 Å². The number of nitrogens with zero attached hydrogens (tertiary/aromatic N) is 2. The number of methoxy groups -OCH3 is 1. The topological polar surface area (TPSA) is 105 Å². The lowest BCUT2D eigenvalue weighted by Gasteiger charge is -2.29. The number of hydrogen-bond acceptors (Lipinski definition) is 6. The smallest absolute Gasteiger partial charge is 0.254 e. The molecule has 9 nitrogen and oxygen atoms in total. The van der Waals surface area contributed by atoms with Gasteiger partial charge in [0, 0.05) is 18.7 Å². The second kappa shape index (κ2) is 10.7. The van der Waals surface area contributed by atoms with Crippen LogP contribution in [0.2, 0.25) is 0 Å². The lowest BCUT2D eigenvalue weighted by atomic mass is 9.87. The summed E-state index contributed by atoms with van der Waals surface area (Å²) in [5.74, 6) is 0.253. The minimum Gasteiger partial charge on any atom is -0.497 e. The molecule has 1 N–H and O–H groups in total. The van der Waals surface area contributed by atoms with E-state index in [-0.39, 0.29) is 18.5 Å². The third kappa shape index (κ3) is 5.94. The highest BCUT2D eigenvalue weighted by molar-refractivity contribution is 7.92. The van der Waals surface area contributed by atoms with Crippen LogP contribution in [0.5, 0.6) is 5.75 Å². The van der Waals surface area contributed by atoms with Crippen molar-refractivity contribution in [3.8, 4) is 5.75 Å². The first-order chi connectivity index (χ1) is 16.8. The van der Waals surface area contributed by atoms with E-state index in [1.54, 1.807) is 36.3 Å². The quantitative estimate of drug-likeness (QED) is 0.623. The third-order valence-electron chi connectivity index (χ3n) is 6.39. The Labute approximate surface area is 206 Å². The van der Waals surface area contributed by atoms with Gasteiger partial charge in [0.15, 0.2) is 0 Å². The summed E-state index contributed by atoms with van der Waals surface area (Å²) in [4.78, 5) is 27.3. The number of ether oxygens (including phenoxy) is 2. The number of aryl methyl sites for hydroxylation is 1. The van der Waals surface area contributed by atoms with Crippen molar-refractivity contribution in [2.45, 2.75) is 25.3 Å². The number of fused-ring (bicyclic) bond motifs is 1. The molecular weight excluding hydrogens is 470 g/mol. The van der Waals surface area contributed by atoms with E-state index in [2.05, 4.69) is 5.32 Å². The van der Waals surface area contributed by atoms with Crippen LogP contribution in [0.15, 0.2) is 42.5 Å². The van der Waals surface area contributed by atoms with Gasteiger partial charge < -0.3 is 19.7 Å². The van der Waals surface area contributed by atoms with Gasteiger partial charge in [-0.1, -0.05) is 6.07 Å². The number of carbonyl (C=O) groups is 2. The van der Waals surface area contributed by atoms with E-state index in [1.807, 2.05) is 18.2 Å². The standard InChI is InChI=1S/C25H31N3O6S/c1-33-21-10-11-22-19(16-21)4-3-5-23(22)26-24(29)17-28(35(2,31)32)20-8-6-18(7-9-20)25(30)27-12-14-34-15-13-27/h6-11,16,23H,3-5,12-15,17H2,1-2H3,(H,26,29). The molecule has 2 aromatic carbocycles. The van der Waals surface area contributed by atoms with Crippen molar-refractivity contribution in [3.63, 3.8) is 0 Å². The van der Waals surface area contributed by atoms with Gasteiger partial charge >= 0.3 is 0 Å². The number of morpholine rings is 1. The molecule has 0 saturated carbocycles. The average Bonchev–Trinajstić information content (AvgIpc) is 2.86. The molecule has 4 rings (SSSR count). The summed E-state index contributed by atoms with van der Waals surface area (Å²) in [7, 11) is -2.11. The fourth-order valence-electron chi connectivity index (χ4n) is 4.56. The molecule has 10 heteroatoms. The summed E-state index contributed by atoms with van der Waals surface area (Å²) in [5.41, 5.74) is 2.95. The summed E-state index contributed by atoms with van der Waals surface area (Å²) in [6, 6.07) is 11.9. The zero-order chi connectivity index (χ0) is 25.0. The maximum absolute atomic E-state index is 12.9.